The average Bonchev–Trinajstić information content (AvgIpc) is 3.60. The van der Waals surface area contributed by atoms with Crippen molar-refractivity contribution in [2.75, 3.05) is 6.54 Å². The lowest BCUT2D eigenvalue weighted by Gasteiger charge is -2.30. The van der Waals surface area contributed by atoms with E-state index in [-0.39, 0.29) is 0 Å². The molecule has 0 aliphatic carbocycles. The first-order valence-electron chi connectivity index (χ1n) is 25.4. The fourth-order valence-electron chi connectivity index (χ4n) is 8.77. The van der Waals surface area contributed by atoms with Crippen molar-refractivity contribution in [1.29, 1.82) is 0 Å². The highest BCUT2D eigenvalue weighted by atomic mass is 16.2. The largest absolute Gasteiger partial charge is 0.324 e. The lowest BCUT2D eigenvalue weighted by Crippen LogP contribution is -2.52. The summed E-state index contributed by atoms with van der Waals surface area (Å²) in [5, 5.41) is 0. The summed E-state index contributed by atoms with van der Waals surface area (Å²) in [7, 11) is 0. The standard InChI is InChI=1S/C51H99N2O/c1-4-7-10-13-16-19-22-24-26-27-28-31-33-36-39-42-45-50-52-47-49-53(50,51(54)46-43-40-37-34-30-21-18-15-12-9-6-3)48-44-41-38-35-32-29-25-23-20-17-14-11-8-5-2/h47,49H,4-46,48H2,1-3H3/q+1. The number of nitrogens with zero attached hydrogens (tertiary/aromatic N) is 2. The molecule has 0 fully saturated rings. The maximum Gasteiger partial charge on any atom is 0.324 e. The minimum atomic E-state index is 0.421. The van der Waals surface area contributed by atoms with Crippen LogP contribution in [0.1, 0.15) is 297 Å². The molecule has 0 N–H and O–H groups in total. The van der Waals surface area contributed by atoms with Gasteiger partial charge in [-0.25, -0.2) is 9.79 Å². The van der Waals surface area contributed by atoms with Crippen LogP contribution in [-0.4, -0.2) is 22.8 Å². The van der Waals surface area contributed by atoms with Crippen LogP contribution in [0, 0.1) is 0 Å². The number of amides is 1. The minimum Gasteiger partial charge on any atom is -0.230 e. The van der Waals surface area contributed by atoms with Gasteiger partial charge in [-0.2, -0.15) is 4.48 Å². The molecule has 318 valence electrons. The van der Waals surface area contributed by atoms with Crippen LogP contribution in [0.15, 0.2) is 17.4 Å². The number of carbonyl (C=O) groups excluding carboxylic acids is 1. The number of carbonyl (C=O) groups is 1. The molecule has 0 saturated heterocycles. The van der Waals surface area contributed by atoms with Gasteiger partial charge in [0.25, 0.3) is 0 Å². The molecule has 1 aliphatic heterocycles. The van der Waals surface area contributed by atoms with Crippen LogP contribution in [0.4, 0.5) is 0 Å². The van der Waals surface area contributed by atoms with Gasteiger partial charge in [0.05, 0.1) is 19.2 Å². The van der Waals surface area contributed by atoms with E-state index in [0.29, 0.717) is 10.4 Å². The SMILES string of the molecule is CCCCCCCCCCCCCCCCCCC1=NC=C[N+]1(CCCCCCCCCCCCCCCC)C(=O)CCCCCCCCCCCCC. The van der Waals surface area contributed by atoms with E-state index in [0.717, 1.165) is 38.1 Å². The van der Waals surface area contributed by atoms with Crippen molar-refractivity contribution in [2.24, 2.45) is 4.99 Å². The fraction of sp³-hybridized carbons (Fsp3) is 0.922. The molecular formula is C51H99N2O+. The second kappa shape index (κ2) is 40.2. The topological polar surface area (TPSA) is 29.4 Å². The highest BCUT2D eigenvalue weighted by Gasteiger charge is 2.41. The van der Waals surface area contributed by atoms with E-state index in [2.05, 4.69) is 27.0 Å². The zero-order chi connectivity index (χ0) is 38.9. The lowest BCUT2D eigenvalue weighted by molar-refractivity contribution is -0.708. The smallest absolute Gasteiger partial charge is 0.230 e. The van der Waals surface area contributed by atoms with E-state index >= 15 is 0 Å². The minimum absolute atomic E-state index is 0.421. The number of hydrogen-bond donors (Lipinski definition) is 0. The molecule has 0 saturated carbocycles. The van der Waals surface area contributed by atoms with Gasteiger partial charge in [-0.15, -0.1) is 0 Å². The van der Waals surface area contributed by atoms with E-state index in [4.69, 9.17) is 4.99 Å². The summed E-state index contributed by atoms with van der Waals surface area (Å²) in [6, 6.07) is 0. The first-order valence-corrected chi connectivity index (χ1v) is 25.4. The second-order valence-electron chi connectivity index (χ2n) is 17.8. The normalized spacial score (nSPS) is 15.4. The molecule has 3 nitrogen and oxygen atoms in total. The maximum absolute atomic E-state index is 14.0. The van der Waals surface area contributed by atoms with E-state index < -0.39 is 0 Å². The van der Waals surface area contributed by atoms with E-state index in [1.54, 1.807) is 0 Å². The van der Waals surface area contributed by atoms with Crippen LogP contribution < -0.4 is 0 Å². The summed E-state index contributed by atoms with van der Waals surface area (Å²) < 4.78 is 0.453. The number of unbranched alkanes of at least 4 members (excludes halogenated alkanes) is 38. The molecule has 0 radical (unpaired) electrons. The van der Waals surface area contributed by atoms with Crippen LogP contribution >= 0.6 is 0 Å². The van der Waals surface area contributed by atoms with Gasteiger partial charge in [-0.05, 0) is 25.7 Å². The van der Waals surface area contributed by atoms with Crippen molar-refractivity contribution < 1.29 is 9.28 Å². The Labute approximate surface area is 340 Å². The molecule has 1 aliphatic rings. The monoisotopic (exact) mass is 756 g/mol. The fourth-order valence-corrected chi connectivity index (χ4v) is 8.77. The zero-order valence-corrected chi connectivity index (χ0v) is 37.6. The van der Waals surface area contributed by atoms with Gasteiger partial charge in [-0.1, -0.05) is 258 Å². The van der Waals surface area contributed by atoms with Crippen LogP contribution in [0.2, 0.25) is 0 Å². The van der Waals surface area contributed by atoms with Crippen molar-refractivity contribution >= 4 is 11.7 Å². The molecule has 1 heterocycles. The molecule has 0 aromatic rings. The summed E-state index contributed by atoms with van der Waals surface area (Å²) >= 11 is 0. The molecular weight excluding hydrogens is 657 g/mol. The Morgan fingerprint density at radius 3 is 1.00 bits per heavy atom. The number of amidine groups is 1. The van der Waals surface area contributed by atoms with Gasteiger partial charge in [0.2, 0.25) is 5.84 Å². The zero-order valence-electron chi connectivity index (χ0n) is 37.6. The molecule has 0 bridgehead atoms. The molecule has 1 rings (SSSR count). The lowest BCUT2D eigenvalue weighted by atomic mass is 10.0. The first-order chi connectivity index (χ1) is 26.7. The van der Waals surface area contributed by atoms with Gasteiger partial charge in [-0.3, -0.25) is 0 Å². The Morgan fingerprint density at radius 2 is 0.667 bits per heavy atom. The first kappa shape index (κ1) is 51.1. The summed E-state index contributed by atoms with van der Waals surface area (Å²) in [6.45, 7) is 7.84. The Balaban J connectivity index is 2.34. The highest BCUT2D eigenvalue weighted by molar-refractivity contribution is 5.90. The van der Waals surface area contributed by atoms with E-state index in [1.165, 1.54) is 250 Å². The molecule has 0 spiro atoms. The molecule has 1 atom stereocenters. The Hall–Kier alpha value is -0.960. The van der Waals surface area contributed by atoms with Crippen LogP contribution in [0.5, 0.6) is 0 Å². The van der Waals surface area contributed by atoms with Crippen LogP contribution in [-0.2, 0) is 4.79 Å². The Kier molecular flexibility index (Phi) is 38.1. The van der Waals surface area contributed by atoms with Crippen molar-refractivity contribution in [3.8, 4) is 0 Å². The molecule has 54 heavy (non-hydrogen) atoms. The molecule has 0 aromatic carbocycles. The summed E-state index contributed by atoms with van der Waals surface area (Å²) in [5.41, 5.74) is 0. The predicted molar refractivity (Wildman–Crippen MR) is 242 cm³/mol. The molecule has 1 unspecified atom stereocenters. The summed E-state index contributed by atoms with van der Waals surface area (Å²) in [6.07, 6.45) is 62.1. The second-order valence-corrected chi connectivity index (χ2v) is 17.8. The molecule has 0 aromatic heterocycles. The highest BCUT2D eigenvalue weighted by Crippen LogP contribution is 2.27. The Morgan fingerprint density at radius 1 is 0.389 bits per heavy atom. The third-order valence-electron chi connectivity index (χ3n) is 12.6. The predicted octanol–water partition coefficient (Wildman–Crippen LogP) is 18.0. The van der Waals surface area contributed by atoms with Crippen molar-refractivity contribution in [2.45, 2.75) is 297 Å². The summed E-state index contributed by atoms with van der Waals surface area (Å²) in [5.74, 6) is 1.58. The number of hydrogen-bond acceptors (Lipinski definition) is 2. The van der Waals surface area contributed by atoms with Gasteiger partial charge < -0.3 is 0 Å². The van der Waals surface area contributed by atoms with Crippen molar-refractivity contribution in [3.05, 3.63) is 12.4 Å². The number of aliphatic imine (C=N–C) groups is 1. The maximum atomic E-state index is 14.0. The Bertz CT molecular complexity index is 848. The summed E-state index contributed by atoms with van der Waals surface area (Å²) in [4.78, 5) is 18.9. The average molecular weight is 756 g/mol. The van der Waals surface area contributed by atoms with Gasteiger partial charge in [0.15, 0.2) is 0 Å². The van der Waals surface area contributed by atoms with Gasteiger partial charge >= 0.3 is 5.91 Å². The third-order valence-corrected chi connectivity index (χ3v) is 12.6. The van der Waals surface area contributed by atoms with Crippen molar-refractivity contribution in [3.63, 3.8) is 0 Å². The van der Waals surface area contributed by atoms with Crippen LogP contribution in [0.3, 0.4) is 0 Å². The van der Waals surface area contributed by atoms with E-state index in [9.17, 15) is 4.79 Å². The third kappa shape index (κ3) is 29.3. The van der Waals surface area contributed by atoms with E-state index in [1.807, 2.05) is 6.20 Å². The quantitative estimate of drug-likeness (QED) is 0.0450. The molecule has 1 amide bonds. The van der Waals surface area contributed by atoms with Gasteiger partial charge in [0, 0.05) is 6.42 Å². The molecule has 3 heteroatoms. The van der Waals surface area contributed by atoms with Gasteiger partial charge in [0.1, 0.15) is 6.20 Å². The number of quaternary nitrogens is 1. The van der Waals surface area contributed by atoms with Crippen LogP contribution in [0.25, 0.3) is 0 Å². The number of rotatable bonds is 44. The van der Waals surface area contributed by atoms with Crippen molar-refractivity contribution in [1.82, 2.24) is 0 Å².